The van der Waals surface area contributed by atoms with Gasteiger partial charge in [-0.05, 0) is 35.8 Å². The van der Waals surface area contributed by atoms with Crippen LogP contribution in [-0.4, -0.2) is 7.11 Å². The van der Waals surface area contributed by atoms with Crippen LogP contribution in [0.2, 0.25) is 0 Å². The molecule has 3 nitrogen and oxygen atoms in total. The molecule has 2 rings (SSSR count). The van der Waals surface area contributed by atoms with Gasteiger partial charge in [0.15, 0.2) is 5.43 Å². The summed E-state index contributed by atoms with van der Waals surface area (Å²) in [5.74, 6) is 1.15. The van der Waals surface area contributed by atoms with E-state index >= 15 is 0 Å². The molecule has 0 fully saturated rings. The predicted molar refractivity (Wildman–Crippen MR) is 124 cm³/mol. The van der Waals surface area contributed by atoms with E-state index in [1.165, 1.54) is 6.07 Å². The first-order valence-electron chi connectivity index (χ1n) is 9.95. The summed E-state index contributed by atoms with van der Waals surface area (Å²) < 4.78 is 11.8. The van der Waals surface area contributed by atoms with Crippen LogP contribution in [0.5, 0.6) is 5.75 Å². The Hall–Kier alpha value is -2.26. The molecule has 0 aliphatic rings. The Labute approximate surface area is 178 Å². The summed E-state index contributed by atoms with van der Waals surface area (Å²) in [6.45, 7) is 16.4. The second-order valence-electron chi connectivity index (χ2n) is 8.51. The molecular formula is C25H31ClO3. The van der Waals surface area contributed by atoms with Gasteiger partial charge in [0.25, 0.3) is 0 Å². The number of fused-ring (bicyclic) bond motifs is 1. The molecule has 0 saturated carbocycles. The van der Waals surface area contributed by atoms with Crippen molar-refractivity contribution in [2.75, 3.05) is 7.11 Å². The molecular weight excluding hydrogens is 384 g/mol. The number of benzene rings is 1. The van der Waals surface area contributed by atoms with Crippen LogP contribution in [-0.2, 0) is 0 Å². The van der Waals surface area contributed by atoms with Gasteiger partial charge in [0, 0.05) is 16.7 Å². The van der Waals surface area contributed by atoms with Gasteiger partial charge in [-0.3, -0.25) is 4.79 Å². The molecule has 0 spiro atoms. The van der Waals surface area contributed by atoms with Crippen LogP contribution in [0.15, 0.2) is 57.8 Å². The first kappa shape index (κ1) is 23.0. The molecule has 0 N–H and O–H groups in total. The molecule has 1 unspecified atom stereocenters. The average molecular weight is 415 g/mol. The summed E-state index contributed by atoms with van der Waals surface area (Å²) in [6, 6.07) is 5.32. The molecule has 1 aromatic carbocycles. The van der Waals surface area contributed by atoms with Gasteiger partial charge in [-0.25, -0.2) is 0 Å². The third-order valence-corrected chi connectivity index (χ3v) is 5.07. The quantitative estimate of drug-likeness (QED) is 0.421. The van der Waals surface area contributed by atoms with Crippen LogP contribution in [0.4, 0.5) is 0 Å². The maximum absolute atomic E-state index is 13.1. The van der Waals surface area contributed by atoms with E-state index in [1.54, 1.807) is 19.3 Å². The van der Waals surface area contributed by atoms with Gasteiger partial charge in [0.2, 0.25) is 0 Å². The lowest BCUT2D eigenvalue weighted by atomic mass is 9.79. The standard InChI is InChI=1S/C25H31ClO3/c1-8-10-17(15-25(4,5)6)19-12-13-21(28-7)23-20(27)14-22(29-24(19)23)18(11-9-2)16(3)26/h9,11-14,17H,2-3,8,10,15H2,1,4-7H3/b18-11+. The van der Waals surface area contributed by atoms with Crippen molar-refractivity contribution in [2.24, 2.45) is 5.41 Å². The minimum atomic E-state index is -0.168. The highest BCUT2D eigenvalue weighted by Gasteiger charge is 2.25. The molecule has 0 aliphatic heterocycles. The van der Waals surface area contributed by atoms with Gasteiger partial charge in [0.05, 0.1) is 7.11 Å². The highest BCUT2D eigenvalue weighted by Crippen LogP contribution is 2.40. The van der Waals surface area contributed by atoms with Gasteiger partial charge in [-0.2, -0.15) is 0 Å². The summed E-state index contributed by atoms with van der Waals surface area (Å²) in [5.41, 5.74) is 2.09. The van der Waals surface area contributed by atoms with Crippen LogP contribution in [0, 0.1) is 5.41 Å². The average Bonchev–Trinajstić information content (AvgIpc) is 2.63. The monoisotopic (exact) mass is 414 g/mol. The fourth-order valence-corrected chi connectivity index (χ4v) is 3.91. The van der Waals surface area contributed by atoms with Crippen molar-refractivity contribution in [3.8, 4) is 5.75 Å². The highest BCUT2D eigenvalue weighted by atomic mass is 35.5. The Balaban J connectivity index is 2.86. The van der Waals surface area contributed by atoms with Crippen LogP contribution in [0.1, 0.15) is 64.2 Å². The van der Waals surface area contributed by atoms with Gasteiger partial charge < -0.3 is 9.15 Å². The van der Waals surface area contributed by atoms with Crippen molar-refractivity contribution in [1.82, 2.24) is 0 Å². The lowest BCUT2D eigenvalue weighted by Crippen LogP contribution is -2.14. The molecule has 4 heteroatoms. The molecule has 0 aliphatic carbocycles. The number of allylic oxidation sites excluding steroid dienone is 4. The molecule has 0 saturated heterocycles. The first-order valence-corrected chi connectivity index (χ1v) is 10.3. The Morgan fingerprint density at radius 1 is 1.34 bits per heavy atom. The van der Waals surface area contributed by atoms with Crippen molar-refractivity contribution in [2.45, 2.75) is 52.9 Å². The second-order valence-corrected chi connectivity index (χ2v) is 8.96. The zero-order chi connectivity index (χ0) is 21.8. The highest BCUT2D eigenvalue weighted by molar-refractivity contribution is 6.36. The maximum atomic E-state index is 13.1. The van der Waals surface area contributed by atoms with Crippen molar-refractivity contribution in [1.29, 1.82) is 0 Å². The lowest BCUT2D eigenvalue weighted by Gasteiger charge is -2.27. The normalized spacial score (nSPS) is 13.4. The zero-order valence-corrected chi connectivity index (χ0v) is 18.9. The largest absolute Gasteiger partial charge is 0.496 e. The van der Waals surface area contributed by atoms with Crippen molar-refractivity contribution >= 4 is 28.1 Å². The number of hydrogen-bond acceptors (Lipinski definition) is 3. The molecule has 1 heterocycles. The van der Waals surface area contributed by atoms with E-state index in [0.29, 0.717) is 28.1 Å². The first-order chi connectivity index (χ1) is 13.6. The van der Waals surface area contributed by atoms with E-state index in [4.69, 9.17) is 20.8 Å². The van der Waals surface area contributed by atoms with Crippen molar-refractivity contribution in [3.05, 3.63) is 70.1 Å². The van der Waals surface area contributed by atoms with Gasteiger partial charge in [0.1, 0.15) is 22.5 Å². The summed E-state index contributed by atoms with van der Waals surface area (Å²) in [4.78, 5) is 13.1. The molecule has 1 atom stereocenters. The summed E-state index contributed by atoms with van der Waals surface area (Å²) in [7, 11) is 1.56. The Morgan fingerprint density at radius 3 is 2.55 bits per heavy atom. The molecule has 29 heavy (non-hydrogen) atoms. The summed E-state index contributed by atoms with van der Waals surface area (Å²) >= 11 is 6.16. The third kappa shape index (κ3) is 5.42. The van der Waals surface area contributed by atoms with E-state index in [9.17, 15) is 4.79 Å². The smallest absolute Gasteiger partial charge is 0.197 e. The Bertz CT molecular complexity index is 990. The van der Waals surface area contributed by atoms with Gasteiger partial charge in [-0.1, -0.05) is 77.1 Å². The van der Waals surface area contributed by atoms with Crippen LogP contribution in [0.25, 0.3) is 16.5 Å². The van der Waals surface area contributed by atoms with E-state index < -0.39 is 0 Å². The number of methoxy groups -OCH3 is 1. The molecule has 0 radical (unpaired) electrons. The minimum absolute atomic E-state index is 0.141. The number of hydrogen-bond donors (Lipinski definition) is 0. The van der Waals surface area contributed by atoms with E-state index in [1.807, 2.05) is 12.1 Å². The fourth-order valence-electron chi connectivity index (χ4n) is 3.76. The van der Waals surface area contributed by atoms with Gasteiger partial charge >= 0.3 is 0 Å². The zero-order valence-electron chi connectivity index (χ0n) is 18.1. The minimum Gasteiger partial charge on any atom is -0.496 e. The third-order valence-electron chi connectivity index (χ3n) is 4.87. The van der Waals surface area contributed by atoms with E-state index in [-0.39, 0.29) is 21.8 Å². The fraction of sp³-hybridized carbons (Fsp3) is 0.400. The SMILES string of the molecule is C=C/C=C(\C(=C)Cl)c1cc(=O)c2c(OC)ccc(C(CCC)CC(C)(C)C)c2o1. The predicted octanol–water partition coefficient (Wildman–Crippen LogP) is 7.44. The van der Waals surface area contributed by atoms with Crippen LogP contribution in [0.3, 0.4) is 0 Å². The summed E-state index contributed by atoms with van der Waals surface area (Å²) in [5, 5.41) is 0.749. The van der Waals surface area contributed by atoms with E-state index in [2.05, 4.69) is 40.9 Å². The Kier molecular flexibility index (Phi) is 7.54. The maximum Gasteiger partial charge on any atom is 0.197 e. The molecule has 156 valence electrons. The molecule has 2 aromatic rings. The number of rotatable bonds is 8. The van der Waals surface area contributed by atoms with Crippen molar-refractivity contribution in [3.63, 3.8) is 0 Å². The van der Waals surface area contributed by atoms with E-state index in [0.717, 1.165) is 24.8 Å². The second kappa shape index (κ2) is 9.49. The lowest BCUT2D eigenvalue weighted by molar-refractivity contribution is 0.329. The molecule has 0 bridgehead atoms. The number of ether oxygens (including phenoxy) is 1. The Morgan fingerprint density at radius 2 is 2.03 bits per heavy atom. The topological polar surface area (TPSA) is 39.4 Å². The van der Waals surface area contributed by atoms with Gasteiger partial charge in [-0.15, -0.1) is 0 Å². The van der Waals surface area contributed by atoms with Crippen LogP contribution < -0.4 is 10.2 Å². The van der Waals surface area contributed by atoms with Crippen molar-refractivity contribution < 1.29 is 9.15 Å². The summed E-state index contributed by atoms with van der Waals surface area (Å²) in [6.07, 6.45) is 6.31. The van der Waals surface area contributed by atoms with Crippen LogP contribution >= 0.6 is 11.6 Å². The number of halogens is 1. The molecule has 0 amide bonds. The molecule has 1 aromatic heterocycles.